The first-order valence-corrected chi connectivity index (χ1v) is 8.72. The minimum atomic E-state index is -0.0581. The molecule has 0 fully saturated rings. The van der Waals surface area contributed by atoms with E-state index in [1.807, 2.05) is 54.1 Å². The first-order valence-electron chi connectivity index (χ1n) is 8.72. The van der Waals surface area contributed by atoms with Crippen LogP contribution in [0.1, 0.15) is 29.4 Å². The van der Waals surface area contributed by atoms with E-state index in [1.54, 1.807) is 0 Å². The molecule has 0 spiro atoms. The van der Waals surface area contributed by atoms with Gasteiger partial charge < -0.3 is 10.6 Å². The maximum Gasteiger partial charge on any atom is 0.221 e. The first-order chi connectivity index (χ1) is 12.5. The molecule has 1 amide bonds. The van der Waals surface area contributed by atoms with Crippen molar-refractivity contribution >= 4 is 11.6 Å². The minimum Gasteiger partial charge on any atom is -0.326 e. The summed E-state index contributed by atoms with van der Waals surface area (Å²) in [6, 6.07) is 18.1. The average Bonchev–Trinajstić information content (AvgIpc) is 2.91. The van der Waals surface area contributed by atoms with E-state index in [0.717, 1.165) is 35.9 Å². The highest BCUT2D eigenvalue weighted by Gasteiger charge is 2.12. The fourth-order valence-corrected chi connectivity index (χ4v) is 2.99. The van der Waals surface area contributed by atoms with Crippen molar-refractivity contribution in [1.29, 1.82) is 0 Å². The third-order valence-corrected chi connectivity index (χ3v) is 4.35. The topological polar surface area (TPSA) is 59.0 Å². The number of nitrogens with one attached hydrogen (secondary N) is 2. The maximum absolute atomic E-state index is 11.1. The molecule has 0 saturated carbocycles. The molecule has 3 rings (SSSR count). The average molecular weight is 348 g/mol. The smallest absolute Gasteiger partial charge is 0.221 e. The summed E-state index contributed by atoms with van der Waals surface area (Å²) >= 11 is 0. The van der Waals surface area contributed by atoms with Crippen LogP contribution in [-0.2, 0) is 17.9 Å². The van der Waals surface area contributed by atoms with Crippen LogP contribution in [0, 0.1) is 13.8 Å². The molecule has 134 valence electrons. The number of benzene rings is 2. The molecule has 3 aromatic rings. The van der Waals surface area contributed by atoms with Crippen molar-refractivity contribution < 1.29 is 4.79 Å². The van der Waals surface area contributed by atoms with E-state index < -0.39 is 0 Å². The number of rotatable bonds is 6. The van der Waals surface area contributed by atoms with Crippen LogP contribution in [0.15, 0.2) is 54.6 Å². The van der Waals surface area contributed by atoms with Gasteiger partial charge in [0.1, 0.15) is 0 Å². The summed E-state index contributed by atoms with van der Waals surface area (Å²) in [5.41, 5.74) is 6.49. The van der Waals surface area contributed by atoms with Crippen molar-refractivity contribution in [2.24, 2.45) is 0 Å². The predicted octanol–water partition coefficient (Wildman–Crippen LogP) is 3.74. The third kappa shape index (κ3) is 4.18. The van der Waals surface area contributed by atoms with Crippen molar-refractivity contribution in [3.05, 3.63) is 77.1 Å². The molecule has 26 heavy (non-hydrogen) atoms. The Hall–Kier alpha value is -2.92. The lowest BCUT2D eigenvalue weighted by molar-refractivity contribution is -0.114. The standard InChI is InChI=1S/C21H24N4O/c1-15-21(16(2)25(24-15)20-7-5-4-6-8-20)14-22-13-18-9-11-19(12-10-18)23-17(3)26/h4-12,22H,13-14H2,1-3H3,(H,23,26). The Morgan fingerprint density at radius 1 is 1.00 bits per heavy atom. The molecule has 0 aliphatic rings. The van der Waals surface area contributed by atoms with E-state index >= 15 is 0 Å². The number of hydrogen-bond donors (Lipinski definition) is 2. The van der Waals surface area contributed by atoms with Crippen LogP contribution in [0.3, 0.4) is 0 Å². The lowest BCUT2D eigenvalue weighted by Gasteiger charge is -2.08. The van der Waals surface area contributed by atoms with E-state index in [9.17, 15) is 4.79 Å². The lowest BCUT2D eigenvalue weighted by Crippen LogP contribution is -2.14. The summed E-state index contributed by atoms with van der Waals surface area (Å²) < 4.78 is 1.99. The van der Waals surface area contributed by atoms with Gasteiger partial charge in [-0.2, -0.15) is 5.10 Å². The molecule has 0 radical (unpaired) electrons. The molecule has 0 unspecified atom stereocenters. The van der Waals surface area contributed by atoms with Gasteiger partial charge in [-0.3, -0.25) is 4.79 Å². The zero-order valence-corrected chi connectivity index (χ0v) is 15.4. The van der Waals surface area contributed by atoms with Gasteiger partial charge in [-0.1, -0.05) is 30.3 Å². The van der Waals surface area contributed by atoms with Gasteiger partial charge in [0, 0.05) is 37.0 Å². The zero-order chi connectivity index (χ0) is 18.5. The molecule has 1 aromatic heterocycles. The number of anilines is 1. The van der Waals surface area contributed by atoms with Gasteiger partial charge in [0.05, 0.1) is 11.4 Å². The Labute approximate surface area is 154 Å². The second kappa shape index (κ2) is 7.97. The number of carbonyl (C=O) groups is 1. The molecule has 2 aromatic carbocycles. The number of aromatic nitrogens is 2. The van der Waals surface area contributed by atoms with Gasteiger partial charge in [-0.05, 0) is 43.7 Å². The molecule has 0 aliphatic carbocycles. The first kappa shape index (κ1) is 17.9. The molecule has 0 aliphatic heterocycles. The van der Waals surface area contributed by atoms with Crippen molar-refractivity contribution in [3.63, 3.8) is 0 Å². The van der Waals surface area contributed by atoms with Gasteiger partial charge in [0.15, 0.2) is 0 Å². The maximum atomic E-state index is 11.1. The molecular formula is C21H24N4O. The normalized spacial score (nSPS) is 10.7. The molecule has 0 saturated heterocycles. The molecule has 5 heteroatoms. The number of para-hydroxylation sites is 1. The Kier molecular flexibility index (Phi) is 5.49. The fourth-order valence-electron chi connectivity index (χ4n) is 2.99. The Bertz CT molecular complexity index is 882. The van der Waals surface area contributed by atoms with Crippen LogP contribution in [0.2, 0.25) is 0 Å². The van der Waals surface area contributed by atoms with E-state index in [2.05, 4.69) is 34.8 Å². The second-order valence-electron chi connectivity index (χ2n) is 6.38. The van der Waals surface area contributed by atoms with Crippen LogP contribution in [-0.4, -0.2) is 15.7 Å². The second-order valence-corrected chi connectivity index (χ2v) is 6.38. The summed E-state index contributed by atoms with van der Waals surface area (Å²) in [4.78, 5) is 11.1. The van der Waals surface area contributed by atoms with Crippen molar-refractivity contribution in [2.75, 3.05) is 5.32 Å². The zero-order valence-electron chi connectivity index (χ0n) is 15.4. The van der Waals surface area contributed by atoms with Crippen LogP contribution < -0.4 is 10.6 Å². The molecule has 1 heterocycles. The van der Waals surface area contributed by atoms with Gasteiger partial charge in [0.25, 0.3) is 0 Å². The summed E-state index contributed by atoms with van der Waals surface area (Å²) in [5, 5.41) is 10.9. The molecule has 0 atom stereocenters. The molecule has 2 N–H and O–H groups in total. The monoisotopic (exact) mass is 348 g/mol. The van der Waals surface area contributed by atoms with Crippen molar-refractivity contribution in [2.45, 2.75) is 33.9 Å². The number of aryl methyl sites for hydroxylation is 1. The number of amides is 1. The highest BCUT2D eigenvalue weighted by atomic mass is 16.1. The van der Waals surface area contributed by atoms with Crippen LogP contribution in [0.25, 0.3) is 5.69 Å². The molecule has 0 bridgehead atoms. The Morgan fingerprint density at radius 3 is 2.35 bits per heavy atom. The highest BCUT2D eigenvalue weighted by molar-refractivity contribution is 5.88. The van der Waals surface area contributed by atoms with Crippen LogP contribution in [0.5, 0.6) is 0 Å². The largest absolute Gasteiger partial charge is 0.326 e. The van der Waals surface area contributed by atoms with Crippen LogP contribution in [0.4, 0.5) is 5.69 Å². The third-order valence-electron chi connectivity index (χ3n) is 4.35. The SMILES string of the molecule is CC(=O)Nc1ccc(CNCc2c(C)nn(-c3ccccc3)c2C)cc1. The van der Waals surface area contributed by atoms with Crippen molar-refractivity contribution in [3.8, 4) is 5.69 Å². The van der Waals surface area contributed by atoms with E-state index in [0.29, 0.717) is 0 Å². The highest BCUT2D eigenvalue weighted by Crippen LogP contribution is 2.18. The van der Waals surface area contributed by atoms with E-state index in [4.69, 9.17) is 0 Å². The minimum absolute atomic E-state index is 0.0581. The van der Waals surface area contributed by atoms with Gasteiger partial charge in [-0.15, -0.1) is 0 Å². The van der Waals surface area contributed by atoms with Crippen LogP contribution >= 0.6 is 0 Å². The quantitative estimate of drug-likeness (QED) is 0.713. The van der Waals surface area contributed by atoms with Gasteiger partial charge >= 0.3 is 0 Å². The summed E-state index contributed by atoms with van der Waals surface area (Å²) in [6.07, 6.45) is 0. The number of nitrogens with zero attached hydrogens (tertiary/aromatic N) is 2. The van der Waals surface area contributed by atoms with Gasteiger partial charge in [0.2, 0.25) is 5.91 Å². The van der Waals surface area contributed by atoms with Gasteiger partial charge in [-0.25, -0.2) is 4.68 Å². The predicted molar refractivity (Wildman–Crippen MR) is 104 cm³/mol. The van der Waals surface area contributed by atoms with E-state index in [1.165, 1.54) is 18.1 Å². The Balaban J connectivity index is 1.63. The molecule has 5 nitrogen and oxygen atoms in total. The lowest BCUT2D eigenvalue weighted by atomic mass is 10.1. The number of carbonyl (C=O) groups excluding carboxylic acids is 1. The fraction of sp³-hybridized carbons (Fsp3) is 0.238. The summed E-state index contributed by atoms with van der Waals surface area (Å²) in [7, 11) is 0. The molecular weight excluding hydrogens is 324 g/mol. The van der Waals surface area contributed by atoms with E-state index in [-0.39, 0.29) is 5.91 Å². The summed E-state index contributed by atoms with van der Waals surface area (Å²) in [6.45, 7) is 7.18. The summed E-state index contributed by atoms with van der Waals surface area (Å²) in [5.74, 6) is -0.0581. The number of hydrogen-bond acceptors (Lipinski definition) is 3. The van der Waals surface area contributed by atoms with Crippen molar-refractivity contribution in [1.82, 2.24) is 15.1 Å². The Morgan fingerprint density at radius 2 is 1.69 bits per heavy atom.